The van der Waals surface area contributed by atoms with Crippen molar-refractivity contribution in [3.8, 4) is 11.5 Å². The fourth-order valence-electron chi connectivity index (χ4n) is 7.47. The van der Waals surface area contributed by atoms with Crippen molar-refractivity contribution in [1.29, 1.82) is 0 Å². The van der Waals surface area contributed by atoms with Crippen molar-refractivity contribution in [2.24, 2.45) is 5.92 Å². The first-order valence-electron chi connectivity index (χ1n) is 11.3. The van der Waals surface area contributed by atoms with Gasteiger partial charge in [0.1, 0.15) is 0 Å². The Morgan fingerprint density at radius 3 is 2.80 bits per heavy atom. The number of likely N-dealkylation sites (tertiary alicyclic amines) is 1. The topological polar surface area (TPSA) is 79.2 Å². The summed E-state index contributed by atoms with van der Waals surface area (Å²) in [5.74, 6) is 1.05. The maximum Gasteiger partial charge on any atom is 0.334 e. The standard InChI is InChI=1S/C24H27NO5/c1-13-11-22(30-20(13)27)6-7-24(28)17-10-15-4-5-16(26)19-18(15)23(24,21(22)29-19)8-9-25(17)12-14-2-3-14/h4-5,11,14,17,21,26,28H,2-3,6-10,12H2,1H3/t17-,21?,22?,23+,24?/m1/s1. The van der Waals surface area contributed by atoms with Crippen LogP contribution in [0, 0.1) is 5.92 Å². The van der Waals surface area contributed by atoms with E-state index in [1.807, 2.05) is 12.1 Å². The van der Waals surface area contributed by atoms with E-state index < -0.39 is 22.7 Å². The molecule has 1 saturated heterocycles. The Kier molecular flexibility index (Phi) is 3.07. The molecule has 3 aliphatic carbocycles. The molecule has 0 amide bonds. The molecule has 6 heteroatoms. The molecule has 3 fully saturated rings. The highest BCUT2D eigenvalue weighted by Crippen LogP contribution is 2.68. The van der Waals surface area contributed by atoms with Gasteiger partial charge in [-0.1, -0.05) is 6.07 Å². The van der Waals surface area contributed by atoms with Gasteiger partial charge in [-0.25, -0.2) is 4.79 Å². The Morgan fingerprint density at radius 2 is 2.07 bits per heavy atom. The van der Waals surface area contributed by atoms with E-state index in [9.17, 15) is 15.0 Å². The third-order valence-corrected chi connectivity index (χ3v) is 8.92. The maximum atomic E-state index is 12.4. The van der Waals surface area contributed by atoms with Gasteiger partial charge in [-0.3, -0.25) is 4.90 Å². The molecule has 3 aliphatic heterocycles. The van der Waals surface area contributed by atoms with E-state index >= 15 is 0 Å². The summed E-state index contributed by atoms with van der Waals surface area (Å²) in [5.41, 5.74) is 0.210. The zero-order valence-electron chi connectivity index (χ0n) is 17.2. The molecule has 6 aliphatic rings. The third-order valence-electron chi connectivity index (χ3n) is 8.92. The number of nitrogens with zero attached hydrogens (tertiary/aromatic N) is 1. The minimum absolute atomic E-state index is 0.0282. The summed E-state index contributed by atoms with van der Waals surface area (Å²) in [6, 6.07) is 3.74. The molecular formula is C24H27NO5. The molecule has 158 valence electrons. The molecule has 0 aromatic heterocycles. The molecule has 6 nitrogen and oxygen atoms in total. The zero-order valence-corrected chi connectivity index (χ0v) is 17.2. The average molecular weight is 409 g/mol. The van der Waals surface area contributed by atoms with Crippen LogP contribution in [0.2, 0.25) is 0 Å². The fourth-order valence-corrected chi connectivity index (χ4v) is 7.47. The Balaban J connectivity index is 1.45. The summed E-state index contributed by atoms with van der Waals surface area (Å²) in [6.07, 6.45) is 6.58. The molecule has 1 aromatic rings. The molecule has 2 N–H and O–H groups in total. The highest BCUT2D eigenvalue weighted by Gasteiger charge is 2.77. The second-order valence-electron chi connectivity index (χ2n) is 10.4. The van der Waals surface area contributed by atoms with Gasteiger partial charge < -0.3 is 19.7 Å². The number of carbonyl (C=O) groups excluding carboxylic acids is 1. The number of ether oxygens (including phenoxy) is 2. The van der Waals surface area contributed by atoms with Crippen molar-refractivity contribution in [3.05, 3.63) is 34.9 Å². The largest absolute Gasteiger partial charge is 0.504 e. The van der Waals surface area contributed by atoms with Crippen LogP contribution in [0.25, 0.3) is 0 Å². The molecule has 30 heavy (non-hydrogen) atoms. The number of phenolic OH excluding ortho intramolecular Hbond substituents is 1. The van der Waals surface area contributed by atoms with Crippen molar-refractivity contribution in [2.45, 2.75) is 74.2 Å². The predicted octanol–water partition coefficient (Wildman–Crippen LogP) is 2.20. The van der Waals surface area contributed by atoms with Crippen LogP contribution >= 0.6 is 0 Å². The summed E-state index contributed by atoms with van der Waals surface area (Å²) in [6.45, 7) is 3.72. The number of aliphatic hydroxyl groups is 1. The molecule has 0 radical (unpaired) electrons. The molecule has 2 saturated carbocycles. The number of phenols is 1. The minimum Gasteiger partial charge on any atom is -0.504 e. The van der Waals surface area contributed by atoms with Crippen molar-refractivity contribution >= 4 is 5.97 Å². The van der Waals surface area contributed by atoms with E-state index in [-0.39, 0.29) is 17.8 Å². The smallest absolute Gasteiger partial charge is 0.334 e. The SMILES string of the molecule is CC1=CC2(CCC3(O)[C@H]4Cc5ccc(O)c6c5[C@@]3(CCN4CC3CC3)C2O6)OC1=O. The van der Waals surface area contributed by atoms with Gasteiger partial charge in [0, 0.05) is 23.7 Å². The second-order valence-corrected chi connectivity index (χ2v) is 10.4. The van der Waals surface area contributed by atoms with Crippen LogP contribution in [0.4, 0.5) is 0 Å². The van der Waals surface area contributed by atoms with Crippen molar-refractivity contribution in [3.63, 3.8) is 0 Å². The molecule has 2 spiro atoms. The number of benzene rings is 1. The van der Waals surface area contributed by atoms with Gasteiger partial charge in [0.25, 0.3) is 0 Å². The number of fused-ring (bicyclic) bond motifs is 1. The lowest BCUT2D eigenvalue weighted by atomic mass is 9.46. The normalized spacial score (nSPS) is 43.3. The van der Waals surface area contributed by atoms with Crippen LogP contribution in [0.15, 0.2) is 23.8 Å². The van der Waals surface area contributed by atoms with E-state index in [0.717, 1.165) is 43.0 Å². The van der Waals surface area contributed by atoms with Crippen molar-refractivity contribution in [2.75, 3.05) is 13.1 Å². The number of esters is 1. The number of rotatable bonds is 2. The minimum atomic E-state index is -0.959. The Bertz CT molecular complexity index is 1030. The molecule has 2 bridgehead atoms. The lowest BCUT2D eigenvalue weighted by molar-refractivity contribution is -0.228. The molecule has 3 unspecified atom stereocenters. The van der Waals surface area contributed by atoms with Gasteiger partial charge >= 0.3 is 5.97 Å². The summed E-state index contributed by atoms with van der Waals surface area (Å²) < 4.78 is 12.5. The van der Waals surface area contributed by atoms with Crippen molar-refractivity contribution in [1.82, 2.24) is 4.90 Å². The quantitative estimate of drug-likeness (QED) is 0.729. The van der Waals surface area contributed by atoms with Crippen LogP contribution in [0.3, 0.4) is 0 Å². The first kappa shape index (κ1) is 17.6. The van der Waals surface area contributed by atoms with Crippen LogP contribution in [0.5, 0.6) is 11.5 Å². The first-order valence-corrected chi connectivity index (χ1v) is 11.3. The van der Waals surface area contributed by atoms with Crippen molar-refractivity contribution < 1.29 is 24.5 Å². The van der Waals surface area contributed by atoms with Gasteiger partial charge in [0.05, 0.1) is 11.0 Å². The summed E-state index contributed by atoms with van der Waals surface area (Å²) in [7, 11) is 0. The lowest BCUT2D eigenvalue weighted by Crippen LogP contribution is -2.79. The Hall–Kier alpha value is -2.05. The van der Waals surface area contributed by atoms with E-state index in [1.165, 1.54) is 12.8 Å². The molecule has 7 rings (SSSR count). The monoisotopic (exact) mass is 409 g/mol. The maximum absolute atomic E-state index is 12.4. The van der Waals surface area contributed by atoms with Crippen LogP contribution < -0.4 is 4.74 Å². The Morgan fingerprint density at radius 1 is 1.23 bits per heavy atom. The number of carbonyl (C=O) groups is 1. The van der Waals surface area contributed by atoms with Gasteiger partial charge in [0.15, 0.2) is 23.2 Å². The Labute approximate surface area is 175 Å². The van der Waals surface area contributed by atoms with Crippen LogP contribution in [0.1, 0.15) is 50.2 Å². The highest BCUT2D eigenvalue weighted by molar-refractivity contribution is 5.91. The number of aromatic hydroxyl groups is 1. The molecular weight excluding hydrogens is 382 g/mol. The zero-order chi connectivity index (χ0) is 20.5. The number of hydrogen-bond acceptors (Lipinski definition) is 6. The summed E-state index contributed by atoms with van der Waals surface area (Å²) in [4.78, 5) is 14.9. The summed E-state index contributed by atoms with van der Waals surface area (Å²) >= 11 is 0. The highest BCUT2D eigenvalue weighted by atomic mass is 16.6. The van der Waals surface area contributed by atoms with Gasteiger partial charge in [-0.05, 0) is 75.6 Å². The van der Waals surface area contributed by atoms with Gasteiger partial charge in [-0.2, -0.15) is 0 Å². The van der Waals surface area contributed by atoms with Gasteiger partial charge in [-0.15, -0.1) is 0 Å². The lowest BCUT2D eigenvalue weighted by Gasteiger charge is -2.65. The van der Waals surface area contributed by atoms with Crippen LogP contribution in [-0.2, 0) is 21.4 Å². The molecule has 5 atom stereocenters. The molecule has 3 heterocycles. The third kappa shape index (κ3) is 1.83. The van der Waals surface area contributed by atoms with Crippen LogP contribution in [-0.4, -0.2) is 57.5 Å². The average Bonchev–Trinajstić information content (AvgIpc) is 3.37. The van der Waals surface area contributed by atoms with Gasteiger partial charge in [0.2, 0.25) is 0 Å². The van der Waals surface area contributed by atoms with E-state index in [1.54, 1.807) is 13.0 Å². The summed E-state index contributed by atoms with van der Waals surface area (Å²) in [5, 5.41) is 23.1. The van der Waals surface area contributed by atoms with E-state index in [0.29, 0.717) is 24.2 Å². The molecule has 1 aromatic carbocycles. The fraction of sp³-hybridized carbons (Fsp3) is 0.625. The number of hydrogen-bond donors (Lipinski definition) is 2. The number of piperidine rings is 1. The van der Waals surface area contributed by atoms with E-state index in [2.05, 4.69) is 4.90 Å². The first-order chi connectivity index (χ1) is 14.4. The predicted molar refractivity (Wildman–Crippen MR) is 107 cm³/mol. The van der Waals surface area contributed by atoms with E-state index in [4.69, 9.17) is 9.47 Å². The second kappa shape index (κ2) is 5.22.